The number of hydrogen-bond acceptors (Lipinski definition) is 6. The fourth-order valence-electron chi connectivity index (χ4n) is 4.01. The van der Waals surface area contributed by atoms with E-state index in [2.05, 4.69) is 60.3 Å². The summed E-state index contributed by atoms with van der Waals surface area (Å²) in [4.78, 5) is 23.5. The van der Waals surface area contributed by atoms with Crippen LogP contribution >= 0.6 is 11.3 Å². The molecular weight excluding hydrogens is 394 g/mol. The zero-order chi connectivity index (χ0) is 21.3. The molecule has 2 heterocycles. The summed E-state index contributed by atoms with van der Waals surface area (Å²) in [6.45, 7) is 8.12. The first-order valence-corrected chi connectivity index (χ1v) is 11.0. The van der Waals surface area contributed by atoms with Crippen LogP contribution in [0, 0.1) is 26.7 Å². The number of aromatic nitrogens is 2. The first kappa shape index (κ1) is 20.7. The van der Waals surface area contributed by atoms with Gasteiger partial charge in [0.1, 0.15) is 12.1 Å². The summed E-state index contributed by atoms with van der Waals surface area (Å²) < 4.78 is 0. The quantitative estimate of drug-likeness (QED) is 0.580. The third-order valence-corrected chi connectivity index (χ3v) is 6.77. The molecule has 4 rings (SSSR count). The topological polar surface area (TPSA) is 75.1 Å². The number of aliphatic hydroxyl groups excluding tert-OH is 1. The lowest BCUT2D eigenvalue weighted by molar-refractivity contribution is 0.104. The summed E-state index contributed by atoms with van der Waals surface area (Å²) in [6.07, 6.45) is 4.74. The van der Waals surface area contributed by atoms with Crippen molar-refractivity contribution in [1.82, 2.24) is 9.97 Å². The molecule has 0 unspecified atom stereocenters. The molecule has 6 heteroatoms. The molecule has 0 spiro atoms. The van der Waals surface area contributed by atoms with Crippen LogP contribution < -0.4 is 5.32 Å². The number of hydrogen-bond donors (Lipinski definition) is 2. The van der Waals surface area contributed by atoms with Crippen molar-refractivity contribution < 1.29 is 9.90 Å². The highest BCUT2D eigenvalue weighted by molar-refractivity contribution is 7.14. The third kappa shape index (κ3) is 4.45. The minimum absolute atomic E-state index is 0.00684. The number of carbonyl (C=O) groups excluding carboxylic acids is 1. The molecule has 0 saturated heterocycles. The molecule has 0 aliphatic heterocycles. The summed E-state index contributed by atoms with van der Waals surface area (Å²) in [7, 11) is 0. The third-order valence-electron chi connectivity index (χ3n) is 5.68. The van der Waals surface area contributed by atoms with Crippen LogP contribution in [-0.2, 0) is 6.42 Å². The maximum absolute atomic E-state index is 13.3. The van der Waals surface area contributed by atoms with E-state index in [1.54, 1.807) is 6.20 Å². The van der Waals surface area contributed by atoms with Crippen LogP contribution in [-0.4, -0.2) is 33.0 Å². The number of thiophene rings is 1. The zero-order valence-electron chi connectivity index (χ0n) is 17.3. The molecule has 5 nitrogen and oxygen atoms in total. The average Bonchev–Trinajstić information content (AvgIpc) is 3.23. The van der Waals surface area contributed by atoms with Gasteiger partial charge in [-0.05, 0) is 63.1 Å². The van der Waals surface area contributed by atoms with E-state index in [0.29, 0.717) is 22.7 Å². The largest absolute Gasteiger partial charge is 0.393 e. The summed E-state index contributed by atoms with van der Waals surface area (Å²) >= 11 is 1.51. The lowest BCUT2D eigenvalue weighted by Crippen LogP contribution is -2.20. The second-order valence-corrected chi connectivity index (χ2v) is 9.37. The standard InChI is InChI=1S/C24H26N3O2S/c1-14-5-4-6-17(7-14)9-18-10-22(30-16(18)3)23(29)20-12-25-13-26-24(20)27-19-8-15(2)21(28)11-19/h4-7,10,12-13,15,19,21,28H,2,8-9,11H2,1,3H3,(H,25,26,27)/t15-,19-,21+/m1/s1. The molecule has 2 N–H and O–H groups in total. The molecule has 0 amide bonds. The minimum Gasteiger partial charge on any atom is -0.393 e. The molecule has 3 atom stereocenters. The van der Waals surface area contributed by atoms with Gasteiger partial charge in [-0.15, -0.1) is 11.3 Å². The SMILES string of the molecule is [CH2][C@@H]1C[C@@H](Nc2ncncc2C(=O)c2cc(Cc3cccc(C)c3)c(C)s2)C[C@@H]1O. The molecule has 1 saturated carbocycles. The van der Waals surface area contributed by atoms with E-state index in [1.165, 1.54) is 34.4 Å². The smallest absolute Gasteiger partial charge is 0.208 e. The number of carbonyl (C=O) groups is 1. The van der Waals surface area contributed by atoms with Gasteiger partial charge in [-0.1, -0.05) is 29.8 Å². The number of benzene rings is 1. The lowest BCUT2D eigenvalue weighted by Gasteiger charge is -2.15. The highest BCUT2D eigenvalue weighted by Gasteiger charge is 2.31. The Kier molecular flexibility index (Phi) is 5.97. The number of aryl methyl sites for hydroxylation is 2. The first-order valence-electron chi connectivity index (χ1n) is 10.2. The van der Waals surface area contributed by atoms with E-state index in [0.717, 1.165) is 17.7 Å². The fourth-order valence-corrected chi connectivity index (χ4v) is 5.00. The number of nitrogens with one attached hydrogen (secondary N) is 1. The molecule has 1 fully saturated rings. The van der Waals surface area contributed by atoms with Gasteiger partial charge in [-0.25, -0.2) is 9.97 Å². The van der Waals surface area contributed by atoms with Gasteiger partial charge in [-0.3, -0.25) is 4.79 Å². The van der Waals surface area contributed by atoms with E-state index >= 15 is 0 Å². The number of ketones is 1. The number of nitrogens with zero attached hydrogens (tertiary/aromatic N) is 2. The van der Waals surface area contributed by atoms with Crippen molar-refractivity contribution >= 4 is 22.9 Å². The van der Waals surface area contributed by atoms with E-state index < -0.39 is 6.10 Å². The molecule has 2 aromatic heterocycles. The van der Waals surface area contributed by atoms with Gasteiger partial charge in [-0.2, -0.15) is 0 Å². The van der Waals surface area contributed by atoms with Crippen LogP contribution in [0.4, 0.5) is 5.82 Å². The summed E-state index contributed by atoms with van der Waals surface area (Å²) in [6, 6.07) is 10.5. The van der Waals surface area contributed by atoms with Gasteiger partial charge in [0, 0.05) is 17.1 Å². The Hall–Kier alpha value is -2.57. The van der Waals surface area contributed by atoms with Crippen molar-refractivity contribution in [2.75, 3.05) is 5.32 Å². The molecule has 1 aliphatic rings. The maximum Gasteiger partial charge on any atom is 0.208 e. The molecular formula is C24H26N3O2S. The van der Waals surface area contributed by atoms with Gasteiger partial charge in [0.25, 0.3) is 0 Å². The van der Waals surface area contributed by atoms with E-state index in [9.17, 15) is 9.90 Å². The highest BCUT2D eigenvalue weighted by Crippen LogP contribution is 2.30. The zero-order valence-corrected chi connectivity index (χ0v) is 18.1. The lowest BCUT2D eigenvalue weighted by atomic mass is 10.0. The highest BCUT2D eigenvalue weighted by atomic mass is 32.1. The number of anilines is 1. The van der Waals surface area contributed by atoms with Gasteiger partial charge >= 0.3 is 0 Å². The Balaban J connectivity index is 1.55. The van der Waals surface area contributed by atoms with Gasteiger partial charge in [0.05, 0.1) is 16.5 Å². The summed E-state index contributed by atoms with van der Waals surface area (Å²) in [5.41, 5.74) is 4.10. The molecule has 1 aromatic carbocycles. The van der Waals surface area contributed by atoms with Crippen LogP contribution in [0.25, 0.3) is 0 Å². The molecule has 3 aromatic rings. The fraction of sp³-hybridized carbons (Fsp3) is 0.333. The van der Waals surface area contributed by atoms with Gasteiger partial charge in [0.2, 0.25) is 5.78 Å². The van der Waals surface area contributed by atoms with Crippen LogP contribution in [0.3, 0.4) is 0 Å². The Morgan fingerprint density at radius 3 is 2.87 bits per heavy atom. The summed E-state index contributed by atoms with van der Waals surface area (Å²) in [5.74, 6) is 0.437. The predicted octanol–water partition coefficient (Wildman–Crippen LogP) is 4.36. The maximum atomic E-state index is 13.3. The van der Waals surface area contributed by atoms with Crippen LogP contribution in [0.1, 0.15) is 49.6 Å². The van der Waals surface area contributed by atoms with Crippen LogP contribution in [0.2, 0.25) is 0 Å². The normalized spacial score (nSPS) is 21.0. The summed E-state index contributed by atoms with van der Waals surface area (Å²) in [5, 5.41) is 13.3. The molecule has 1 aliphatic carbocycles. The van der Waals surface area contributed by atoms with E-state index in [4.69, 9.17) is 0 Å². The minimum atomic E-state index is -0.424. The number of rotatable bonds is 6. The van der Waals surface area contributed by atoms with Crippen molar-refractivity contribution in [2.45, 2.75) is 45.3 Å². The Labute approximate surface area is 181 Å². The number of aliphatic hydroxyl groups is 1. The van der Waals surface area contributed by atoms with Crippen molar-refractivity contribution in [2.24, 2.45) is 5.92 Å². The molecule has 1 radical (unpaired) electrons. The van der Waals surface area contributed by atoms with Crippen LogP contribution in [0.5, 0.6) is 0 Å². The van der Waals surface area contributed by atoms with Crippen molar-refractivity contribution in [3.8, 4) is 0 Å². The Morgan fingerprint density at radius 1 is 1.30 bits per heavy atom. The second-order valence-electron chi connectivity index (χ2n) is 8.11. The van der Waals surface area contributed by atoms with Crippen molar-refractivity contribution in [3.63, 3.8) is 0 Å². The Morgan fingerprint density at radius 2 is 2.13 bits per heavy atom. The molecule has 30 heavy (non-hydrogen) atoms. The van der Waals surface area contributed by atoms with Gasteiger partial charge < -0.3 is 10.4 Å². The van der Waals surface area contributed by atoms with E-state index in [-0.39, 0.29) is 17.7 Å². The first-order chi connectivity index (χ1) is 14.4. The average molecular weight is 421 g/mol. The van der Waals surface area contributed by atoms with Crippen molar-refractivity contribution in [3.05, 3.63) is 81.8 Å². The second kappa shape index (κ2) is 8.66. The molecule has 155 valence electrons. The predicted molar refractivity (Wildman–Crippen MR) is 120 cm³/mol. The monoisotopic (exact) mass is 420 g/mol. The Bertz CT molecular complexity index is 1050. The van der Waals surface area contributed by atoms with Crippen LogP contribution in [0.15, 0.2) is 42.9 Å². The van der Waals surface area contributed by atoms with Gasteiger partial charge in [0.15, 0.2) is 0 Å². The van der Waals surface area contributed by atoms with E-state index in [1.807, 2.05) is 6.07 Å². The van der Waals surface area contributed by atoms with Crippen molar-refractivity contribution in [1.29, 1.82) is 0 Å². The molecule has 0 bridgehead atoms.